The number of aryl methyl sites for hydroxylation is 1. The molecule has 0 aliphatic carbocycles. The second kappa shape index (κ2) is 5.15. The molecule has 0 atom stereocenters. The van der Waals surface area contributed by atoms with E-state index < -0.39 is 0 Å². The van der Waals surface area contributed by atoms with Crippen molar-refractivity contribution >= 4 is 34.9 Å². The van der Waals surface area contributed by atoms with Gasteiger partial charge < -0.3 is 9.84 Å². The highest BCUT2D eigenvalue weighted by atomic mass is 35.5. The van der Waals surface area contributed by atoms with Crippen LogP contribution in [0.2, 0.25) is 10.0 Å². The molecule has 0 fully saturated rings. The van der Waals surface area contributed by atoms with Crippen LogP contribution in [-0.4, -0.2) is 20.3 Å². The van der Waals surface area contributed by atoms with Crippen molar-refractivity contribution in [3.05, 3.63) is 40.1 Å². The number of H-pyrrole nitrogens is 1. The Bertz CT molecular complexity index is 732. The first kappa shape index (κ1) is 13.0. The highest BCUT2D eigenvalue weighted by molar-refractivity contribution is 6.35. The predicted octanol–water partition coefficient (Wildman–Crippen LogP) is 3.82. The first-order valence-corrected chi connectivity index (χ1v) is 6.44. The highest BCUT2D eigenvalue weighted by Crippen LogP contribution is 2.26. The summed E-state index contributed by atoms with van der Waals surface area (Å²) in [6.07, 6.45) is 1.63. The van der Waals surface area contributed by atoms with Crippen molar-refractivity contribution in [2.75, 3.05) is 5.32 Å². The van der Waals surface area contributed by atoms with E-state index in [0.29, 0.717) is 21.4 Å². The molecule has 20 heavy (non-hydrogen) atoms. The van der Waals surface area contributed by atoms with Crippen LogP contribution in [0.4, 0.5) is 11.7 Å². The number of hydrogen-bond acceptors (Lipinski definition) is 5. The predicted molar refractivity (Wildman–Crippen MR) is 76.4 cm³/mol. The fourth-order valence-corrected chi connectivity index (χ4v) is 2.19. The third-order valence-corrected chi connectivity index (χ3v) is 3.05. The van der Waals surface area contributed by atoms with Gasteiger partial charge in [0.25, 0.3) is 0 Å². The molecule has 0 aliphatic heterocycles. The number of rotatable bonds is 3. The maximum atomic E-state index is 5.94. The van der Waals surface area contributed by atoms with Crippen LogP contribution in [-0.2, 0) is 0 Å². The van der Waals surface area contributed by atoms with E-state index in [1.807, 2.05) is 6.92 Å². The number of aromatic nitrogens is 4. The van der Waals surface area contributed by atoms with E-state index >= 15 is 0 Å². The third kappa shape index (κ3) is 2.61. The summed E-state index contributed by atoms with van der Waals surface area (Å²) in [5.74, 6) is 0.401. The van der Waals surface area contributed by atoms with Gasteiger partial charge in [-0.1, -0.05) is 28.4 Å². The van der Waals surface area contributed by atoms with Crippen LogP contribution in [0.1, 0.15) is 5.69 Å². The molecule has 3 rings (SSSR count). The van der Waals surface area contributed by atoms with Crippen molar-refractivity contribution in [2.24, 2.45) is 0 Å². The van der Waals surface area contributed by atoms with Crippen LogP contribution >= 0.6 is 23.2 Å². The monoisotopic (exact) mass is 309 g/mol. The van der Waals surface area contributed by atoms with Gasteiger partial charge in [-0.05, 0) is 25.1 Å². The van der Waals surface area contributed by atoms with Gasteiger partial charge in [-0.2, -0.15) is 10.1 Å². The van der Waals surface area contributed by atoms with Crippen LogP contribution in [0.3, 0.4) is 0 Å². The molecule has 0 amide bonds. The lowest BCUT2D eigenvalue weighted by atomic mass is 10.2. The van der Waals surface area contributed by atoms with E-state index in [9.17, 15) is 0 Å². The van der Waals surface area contributed by atoms with Crippen molar-refractivity contribution in [3.8, 4) is 11.4 Å². The minimum atomic E-state index is 0.264. The molecule has 3 aromatic rings. The first-order valence-electron chi connectivity index (χ1n) is 5.69. The number of halogens is 2. The zero-order valence-corrected chi connectivity index (χ0v) is 11.8. The molecule has 0 unspecified atom stereocenters. The number of benzene rings is 1. The molecule has 6 nitrogen and oxygen atoms in total. The van der Waals surface area contributed by atoms with Crippen LogP contribution in [0, 0.1) is 6.92 Å². The number of nitrogens with one attached hydrogen (secondary N) is 2. The number of anilines is 2. The Labute approximate surface area is 124 Å². The van der Waals surface area contributed by atoms with E-state index in [2.05, 4.69) is 25.7 Å². The van der Waals surface area contributed by atoms with Gasteiger partial charge in [0.15, 0.2) is 0 Å². The fraction of sp³-hybridized carbons (Fsp3) is 0.0833. The molecule has 8 heteroatoms. The summed E-state index contributed by atoms with van der Waals surface area (Å²) in [5, 5.41) is 14.6. The van der Waals surface area contributed by atoms with E-state index in [1.165, 1.54) is 0 Å². The maximum Gasteiger partial charge on any atom is 0.326 e. The molecular weight excluding hydrogens is 301 g/mol. The summed E-state index contributed by atoms with van der Waals surface area (Å²) in [6, 6.07) is 5.33. The summed E-state index contributed by atoms with van der Waals surface area (Å²) >= 11 is 11.9. The van der Waals surface area contributed by atoms with Gasteiger partial charge in [0, 0.05) is 15.6 Å². The molecule has 102 valence electrons. The smallest absolute Gasteiger partial charge is 0.315 e. The van der Waals surface area contributed by atoms with Crippen LogP contribution < -0.4 is 5.32 Å². The number of hydrogen-bond donors (Lipinski definition) is 2. The molecule has 0 radical (unpaired) electrons. The fourth-order valence-electron chi connectivity index (χ4n) is 1.67. The molecule has 0 bridgehead atoms. The molecule has 0 saturated heterocycles. The molecule has 2 aromatic heterocycles. The topological polar surface area (TPSA) is 79.6 Å². The van der Waals surface area contributed by atoms with Crippen molar-refractivity contribution in [1.29, 1.82) is 0 Å². The summed E-state index contributed by atoms with van der Waals surface area (Å²) in [4.78, 5) is 4.23. The quantitative estimate of drug-likeness (QED) is 0.769. The number of nitrogens with zero attached hydrogens (tertiary/aromatic N) is 3. The SMILES string of the molecule is Cc1[nH]ncc1Nc1nc(-c2cc(Cl)cc(Cl)c2)no1. The minimum Gasteiger partial charge on any atom is -0.315 e. The summed E-state index contributed by atoms with van der Waals surface area (Å²) in [5.41, 5.74) is 2.32. The van der Waals surface area contributed by atoms with Crippen molar-refractivity contribution in [3.63, 3.8) is 0 Å². The van der Waals surface area contributed by atoms with Gasteiger partial charge in [-0.25, -0.2) is 0 Å². The van der Waals surface area contributed by atoms with Crippen molar-refractivity contribution in [2.45, 2.75) is 6.92 Å². The summed E-state index contributed by atoms with van der Waals surface area (Å²) in [6.45, 7) is 1.88. The van der Waals surface area contributed by atoms with Gasteiger partial charge in [0.05, 0.1) is 17.6 Å². The lowest BCUT2D eigenvalue weighted by Crippen LogP contribution is -1.90. The van der Waals surface area contributed by atoms with E-state index in [1.54, 1.807) is 24.4 Å². The second-order valence-electron chi connectivity index (χ2n) is 4.11. The molecule has 1 aromatic carbocycles. The van der Waals surface area contributed by atoms with E-state index in [0.717, 1.165) is 11.4 Å². The van der Waals surface area contributed by atoms with Gasteiger partial charge in [-0.15, -0.1) is 0 Å². The molecular formula is C12H9Cl2N5O. The minimum absolute atomic E-state index is 0.264. The Morgan fingerprint density at radius 1 is 1.20 bits per heavy atom. The lowest BCUT2D eigenvalue weighted by molar-refractivity contribution is 0.435. The summed E-state index contributed by atoms with van der Waals surface area (Å²) in [7, 11) is 0. The van der Waals surface area contributed by atoms with Gasteiger partial charge in [0.1, 0.15) is 0 Å². The Hall–Kier alpha value is -2.05. The van der Waals surface area contributed by atoms with Crippen LogP contribution in [0.15, 0.2) is 28.9 Å². The first-order chi connectivity index (χ1) is 9.61. The molecule has 0 aliphatic rings. The summed E-state index contributed by atoms with van der Waals surface area (Å²) < 4.78 is 5.13. The average molecular weight is 310 g/mol. The number of aromatic amines is 1. The zero-order valence-electron chi connectivity index (χ0n) is 10.3. The molecule has 0 spiro atoms. The van der Waals surface area contributed by atoms with E-state index in [-0.39, 0.29) is 6.01 Å². The Morgan fingerprint density at radius 2 is 1.95 bits per heavy atom. The molecule has 0 saturated carbocycles. The van der Waals surface area contributed by atoms with Crippen molar-refractivity contribution in [1.82, 2.24) is 20.3 Å². The molecule has 2 N–H and O–H groups in total. The van der Waals surface area contributed by atoms with Crippen LogP contribution in [0.25, 0.3) is 11.4 Å². The Balaban J connectivity index is 1.88. The molecule has 2 heterocycles. The van der Waals surface area contributed by atoms with Crippen molar-refractivity contribution < 1.29 is 4.52 Å². The Kier molecular flexibility index (Phi) is 3.33. The highest BCUT2D eigenvalue weighted by Gasteiger charge is 2.11. The standard InChI is InChI=1S/C12H9Cl2N5O/c1-6-10(5-15-18-6)16-12-17-11(19-20-12)7-2-8(13)4-9(14)3-7/h2-5H,1H3,(H,15,18)(H,16,17,19). The zero-order chi connectivity index (χ0) is 14.1. The van der Waals surface area contributed by atoms with Gasteiger partial charge >= 0.3 is 6.01 Å². The third-order valence-electron chi connectivity index (χ3n) is 2.62. The van der Waals surface area contributed by atoms with Crippen LogP contribution in [0.5, 0.6) is 0 Å². The van der Waals surface area contributed by atoms with E-state index in [4.69, 9.17) is 27.7 Å². The average Bonchev–Trinajstić information content (AvgIpc) is 2.99. The largest absolute Gasteiger partial charge is 0.326 e. The normalized spacial score (nSPS) is 10.8. The Morgan fingerprint density at radius 3 is 2.60 bits per heavy atom. The second-order valence-corrected chi connectivity index (χ2v) is 4.99. The van der Waals surface area contributed by atoms with Gasteiger partial charge in [0.2, 0.25) is 5.82 Å². The maximum absolute atomic E-state index is 5.94. The van der Waals surface area contributed by atoms with Gasteiger partial charge in [-0.3, -0.25) is 5.10 Å². The lowest BCUT2D eigenvalue weighted by Gasteiger charge is -1.98.